The van der Waals surface area contributed by atoms with E-state index in [1.54, 1.807) is 0 Å². The number of ether oxygens (including phenoxy) is 3. The van der Waals surface area contributed by atoms with E-state index in [0.717, 1.165) is 56.6 Å². The maximum absolute atomic E-state index is 11.2. The zero-order valence-electron chi connectivity index (χ0n) is 16.9. The van der Waals surface area contributed by atoms with Crippen LogP contribution in [0.1, 0.15) is 44.1 Å². The third kappa shape index (κ3) is 4.38. The lowest BCUT2D eigenvalue weighted by Crippen LogP contribution is -2.49. The van der Waals surface area contributed by atoms with Crippen molar-refractivity contribution in [2.24, 2.45) is 5.41 Å². The van der Waals surface area contributed by atoms with Gasteiger partial charge in [0.15, 0.2) is 0 Å². The van der Waals surface area contributed by atoms with E-state index in [4.69, 9.17) is 9.47 Å². The van der Waals surface area contributed by atoms with Gasteiger partial charge in [-0.15, -0.1) is 0 Å². The second kappa shape index (κ2) is 8.42. The molecule has 1 saturated carbocycles. The first kappa shape index (κ1) is 19.7. The average Bonchev–Trinajstić information content (AvgIpc) is 2.79. The fourth-order valence-corrected chi connectivity index (χ4v) is 4.56. The van der Waals surface area contributed by atoms with Crippen molar-refractivity contribution in [2.75, 3.05) is 13.7 Å². The average molecular weight is 392 g/mol. The predicted molar refractivity (Wildman–Crippen MR) is 112 cm³/mol. The van der Waals surface area contributed by atoms with Crippen LogP contribution < -0.4 is 4.74 Å². The van der Waals surface area contributed by atoms with Gasteiger partial charge in [0.05, 0.1) is 19.3 Å². The highest BCUT2D eigenvalue weighted by Gasteiger charge is 2.50. The van der Waals surface area contributed by atoms with Crippen molar-refractivity contribution >= 4 is 5.97 Å². The molecule has 2 aromatic carbocycles. The zero-order valence-corrected chi connectivity index (χ0v) is 16.9. The van der Waals surface area contributed by atoms with Gasteiger partial charge >= 0.3 is 5.97 Å². The summed E-state index contributed by atoms with van der Waals surface area (Å²) in [5.74, 6) is 1.40. The number of carbonyl (C=O) groups is 1. The van der Waals surface area contributed by atoms with Gasteiger partial charge in [-0.3, -0.25) is 0 Å². The number of hydrogen-bond donors (Lipinski definition) is 0. The van der Waals surface area contributed by atoms with Gasteiger partial charge in [-0.1, -0.05) is 36.4 Å². The topological polar surface area (TPSA) is 44.8 Å². The van der Waals surface area contributed by atoms with Gasteiger partial charge < -0.3 is 14.2 Å². The lowest BCUT2D eigenvalue weighted by Gasteiger charge is -2.53. The molecule has 0 radical (unpaired) electrons. The van der Waals surface area contributed by atoms with Crippen molar-refractivity contribution < 1.29 is 19.0 Å². The second-order valence-corrected chi connectivity index (χ2v) is 8.19. The summed E-state index contributed by atoms with van der Waals surface area (Å²) in [7, 11) is 1.40. The highest BCUT2D eigenvalue weighted by Crippen LogP contribution is 2.55. The van der Waals surface area contributed by atoms with Crippen LogP contribution in [-0.4, -0.2) is 19.7 Å². The Labute approximate surface area is 172 Å². The normalized spacial score (nSPS) is 25.8. The Morgan fingerprint density at radius 3 is 2.48 bits per heavy atom. The van der Waals surface area contributed by atoms with Gasteiger partial charge in [0.25, 0.3) is 0 Å². The molecule has 1 aliphatic carbocycles. The van der Waals surface area contributed by atoms with Gasteiger partial charge in [-0.05, 0) is 73.8 Å². The van der Waals surface area contributed by atoms with Gasteiger partial charge in [0, 0.05) is 6.08 Å². The van der Waals surface area contributed by atoms with Crippen LogP contribution in [-0.2, 0) is 19.9 Å². The summed E-state index contributed by atoms with van der Waals surface area (Å²) in [6.07, 6.45) is 9.74. The second-order valence-electron chi connectivity index (χ2n) is 8.19. The van der Waals surface area contributed by atoms with E-state index in [9.17, 15) is 4.79 Å². The molecule has 2 saturated heterocycles. The van der Waals surface area contributed by atoms with Gasteiger partial charge in [0.2, 0.25) is 0 Å². The summed E-state index contributed by atoms with van der Waals surface area (Å²) in [4.78, 5) is 11.2. The van der Waals surface area contributed by atoms with E-state index in [1.807, 2.05) is 42.5 Å². The number of fused-ring (bicyclic) bond motifs is 3. The van der Waals surface area contributed by atoms with Crippen LogP contribution in [0, 0.1) is 5.41 Å². The van der Waals surface area contributed by atoms with Crippen LogP contribution in [0.25, 0.3) is 0 Å². The summed E-state index contributed by atoms with van der Waals surface area (Å²) in [5, 5.41) is 0. The predicted octanol–water partition coefficient (Wildman–Crippen LogP) is 5.77. The zero-order chi connectivity index (χ0) is 20.2. The van der Waals surface area contributed by atoms with Crippen molar-refractivity contribution in [1.82, 2.24) is 0 Å². The van der Waals surface area contributed by atoms with Crippen molar-refractivity contribution in [3.63, 3.8) is 0 Å². The molecule has 0 aromatic heterocycles. The molecule has 2 bridgehead atoms. The Kier molecular flexibility index (Phi) is 5.72. The van der Waals surface area contributed by atoms with E-state index < -0.39 is 0 Å². The minimum absolute atomic E-state index is 0.195. The molecule has 3 fully saturated rings. The summed E-state index contributed by atoms with van der Waals surface area (Å²) in [5.41, 5.74) is 1.25. The Bertz CT molecular complexity index is 847. The van der Waals surface area contributed by atoms with Gasteiger partial charge in [0.1, 0.15) is 11.5 Å². The number of esters is 1. The number of carbonyl (C=O) groups excluding carboxylic acids is 1. The van der Waals surface area contributed by atoms with Gasteiger partial charge in [-0.25, -0.2) is 4.79 Å². The highest BCUT2D eigenvalue weighted by molar-refractivity contribution is 5.81. The van der Waals surface area contributed by atoms with Crippen LogP contribution in [0.2, 0.25) is 0 Å². The first-order valence-electron chi connectivity index (χ1n) is 10.4. The molecular weight excluding hydrogens is 364 g/mol. The molecule has 29 heavy (non-hydrogen) atoms. The quantitative estimate of drug-likeness (QED) is 0.443. The van der Waals surface area contributed by atoms with Crippen molar-refractivity contribution in [3.05, 3.63) is 72.3 Å². The molecule has 5 rings (SSSR count). The van der Waals surface area contributed by atoms with E-state index in [1.165, 1.54) is 18.7 Å². The summed E-state index contributed by atoms with van der Waals surface area (Å²) in [6, 6.07) is 18.2. The van der Waals surface area contributed by atoms with Crippen LogP contribution in [0.3, 0.4) is 0 Å². The highest BCUT2D eigenvalue weighted by atomic mass is 16.5. The molecule has 3 aliphatic rings. The minimum Gasteiger partial charge on any atom is -0.466 e. The number of methoxy groups -OCH3 is 1. The third-order valence-corrected chi connectivity index (χ3v) is 6.41. The minimum atomic E-state index is -0.289. The van der Waals surface area contributed by atoms with Gasteiger partial charge in [-0.2, -0.15) is 0 Å². The van der Waals surface area contributed by atoms with E-state index in [2.05, 4.69) is 22.9 Å². The van der Waals surface area contributed by atoms with Crippen LogP contribution >= 0.6 is 0 Å². The smallest absolute Gasteiger partial charge is 0.330 e. The lowest BCUT2D eigenvalue weighted by molar-refractivity contribution is -0.191. The Hall–Kier alpha value is -2.59. The van der Waals surface area contributed by atoms with Crippen molar-refractivity contribution in [3.8, 4) is 11.5 Å². The first-order chi connectivity index (χ1) is 14.1. The number of hydrogen-bond acceptors (Lipinski definition) is 4. The first-order valence-corrected chi connectivity index (χ1v) is 10.4. The Morgan fingerprint density at radius 1 is 1.03 bits per heavy atom. The summed E-state index contributed by atoms with van der Waals surface area (Å²) in [6.45, 7) is 0.781. The fraction of sp³-hybridized carbons (Fsp3) is 0.400. The van der Waals surface area contributed by atoms with Crippen molar-refractivity contribution in [1.29, 1.82) is 0 Å². The lowest BCUT2D eigenvalue weighted by atomic mass is 9.62. The molecule has 0 unspecified atom stereocenters. The van der Waals surface area contributed by atoms with E-state index in [0.29, 0.717) is 0 Å². The molecule has 4 heteroatoms. The molecule has 2 aliphatic heterocycles. The fourth-order valence-electron chi connectivity index (χ4n) is 4.56. The Morgan fingerprint density at radius 2 is 1.79 bits per heavy atom. The monoisotopic (exact) mass is 392 g/mol. The SMILES string of the molecule is COC(=O)/C=C/CCC12CCC(c3cccc(Oc4ccccc4)c3)(CC1)OC2. The number of para-hydroxylation sites is 1. The van der Waals surface area contributed by atoms with Crippen molar-refractivity contribution in [2.45, 2.75) is 44.1 Å². The molecule has 152 valence electrons. The molecule has 2 aromatic rings. The molecular formula is C25H28O4. The van der Waals surface area contributed by atoms with Crippen LogP contribution in [0.15, 0.2) is 66.7 Å². The molecule has 0 spiro atoms. The number of benzene rings is 2. The number of rotatable bonds is 7. The molecule has 0 atom stereocenters. The molecule has 0 amide bonds. The maximum Gasteiger partial charge on any atom is 0.330 e. The molecule has 2 heterocycles. The maximum atomic E-state index is 11.2. The Balaban J connectivity index is 1.40. The van der Waals surface area contributed by atoms with E-state index >= 15 is 0 Å². The summed E-state index contributed by atoms with van der Waals surface area (Å²) < 4.78 is 17.2. The largest absolute Gasteiger partial charge is 0.466 e. The molecule has 0 N–H and O–H groups in total. The third-order valence-electron chi connectivity index (χ3n) is 6.41. The van der Waals surface area contributed by atoms with Crippen LogP contribution in [0.5, 0.6) is 11.5 Å². The van der Waals surface area contributed by atoms with Crippen LogP contribution in [0.4, 0.5) is 0 Å². The molecule has 4 nitrogen and oxygen atoms in total. The number of allylic oxidation sites excluding steroid dienone is 1. The standard InChI is InChI=1S/C25H28O4/c1-27-23(26)12-5-6-13-24-14-16-25(17-15-24,28-19-24)20-8-7-11-22(18-20)29-21-9-3-2-4-10-21/h2-5,7-12,18H,6,13-17,19H2,1H3/b12-5+. The van der Waals surface area contributed by atoms with E-state index in [-0.39, 0.29) is 17.0 Å². The summed E-state index contributed by atoms with van der Waals surface area (Å²) >= 11 is 0.